The van der Waals surface area contributed by atoms with Crippen molar-refractivity contribution in [1.29, 1.82) is 0 Å². The minimum Gasteiger partial charge on any atom is -0.392 e. The molecule has 0 radical (unpaired) electrons. The predicted octanol–water partition coefficient (Wildman–Crippen LogP) is 2.28. The zero-order valence-electron chi connectivity index (χ0n) is 11.7. The van der Waals surface area contributed by atoms with Crippen LogP contribution in [0, 0.1) is 12.3 Å². The number of hydrogen-bond acceptors (Lipinski definition) is 2. The predicted molar refractivity (Wildman–Crippen MR) is 76.5 cm³/mol. The smallest absolute Gasteiger partial charge is 0.244 e. The Bertz CT molecular complexity index is 505. The van der Waals surface area contributed by atoms with Gasteiger partial charge in [-0.15, -0.1) is 0 Å². The topological polar surface area (TPSA) is 49.3 Å². The van der Waals surface area contributed by atoms with Gasteiger partial charge in [-0.05, 0) is 25.0 Å². The van der Waals surface area contributed by atoms with Gasteiger partial charge in [0.25, 0.3) is 0 Å². The zero-order chi connectivity index (χ0) is 14.0. The molecular weight excluding hydrogens is 238 g/mol. The summed E-state index contributed by atoms with van der Waals surface area (Å²) in [6.07, 6.45) is 3.68. The number of benzene rings is 1. The molecular formula is C16H21NO2. The summed E-state index contributed by atoms with van der Waals surface area (Å²) >= 11 is 0. The maximum atomic E-state index is 11.8. The fourth-order valence-electron chi connectivity index (χ4n) is 2.31. The van der Waals surface area contributed by atoms with Gasteiger partial charge in [-0.25, -0.2) is 0 Å². The average Bonchev–Trinajstić information content (AvgIpc) is 2.36. The molecule has 1 fully saturated rings. The van der Waals surface area contributed by atoms with E-state index >= 15 is 0 Å². The van der Waals surface area contributed by atoms with E-state index in [2.05, 4.69) is 5.32 Å². The molecule has 3 heteroatoms. The molecule has 0 bridgehead atoms. The number of aryl methyl sites for hydroxylation is 1. The van der Waals surface area contributed by atoms with E-state index in [0.717, 1.165) is 5.56 Å². The van der Waals surface area contributed by atoms with Crippen LogP contribution in [0.4, 0.5) is 0 Å². The molecule has 1 aromatic carbocycles. The van der Waals surface area contributed by atoms with Gasteiger partial charge in [0.1, 0.15) is 0 Å². The molecule has 0 aliphatic heterocycles. The Balaban J connectivity index is 1.92. The third-order valence-corrected chi connectivity index (χ3v) is 4.00. The minimum absolute atomic E-state index is 0.0529. The first-order valence-corrected chi connectivity index (χ1v) is 6.63. The van der Waals surface area contributed by atoms with Crippen LogP contribution in [0.5, 0.6) is 0 Å². The highest BCUT2D eigenvalue weighted by molar-refractivity contribution is 5.92. The third-order valence-electron chi connectivity index (χ3n) is 4.00. The normalized spacial score (nSPS) is 25.1. The van der Waals surface area contributed by atoms with Gasteiger partial charge in [-0.3, -0.25) is 4.79 Å². The summed E-state index contributed by atoms with van der Waals surface area (Å²) in [5.74, 6) is -0.105. The molecule has 0 heterocycles. The quantitative estimate of drug-likeness (QED) is 0.818. The summed E-state index contributed by atoms with van der Waals surface area (Å²) in [4.78, 5) is 11.8. The number of rotatable bonds is 3. The van der Waals surface area contributed by atoms with E-state index in [1.807, 2.05) is 51.1 Å². The van der Waals surface area contributed by atoms with Crippen LogP contribution in [-0.2, 0) is 4.79 Å². The SMILES string of the molecule is Cc1cccc(/C=C/C(=O)NC2CC(O)C2(C)C)c1. The Kier molecular flexibility index (Phi) is 3.76. The average molecular weight is 259 g/mol. The van der Waals surface area contributed by atoms with E-state index in [1.165, 1.54) is 5.56 Å². The second-order valence-corrected chi connectivity index (χ2v) is 5.88. The molecule has 0 spiro atoms. The Morgan fingerprint density at radius 1 is 1.47 bits per heavy atom. The van der Waals surface area contributed by atoms with Crippen molar-refractivity contribution in [1.82, 2.24) is 5.32 Å². The number of nitrogens with one attached hydrogen (secondary N) is 1. The second-order valence-electron chi connectivity index (χ2n) is 5.88. The fourth-order valence-corrected chi connectivity index (χ4v) is 2.31. The van der Waals surface area contributed by atoms with Crippen molar-refractivity contribution in [2.75, 3.05) is 0 Å². The Labute approximate surface area is 114 Å². The van der Waals surface area contributed by atoms with Crippen molar-refractivity contribution in [2.24, 2.45) is 5.41 Å². The molecule has 102 valence electrons. The number of carbonyl (C=O) groups excluding carboxylic acids is 1. The van der Waals surface area contributed by atoms with Crippen molar-refractivity contribution >= 4 is 12.0 Å². The van der Waals surface area contributed by atoms with Gasteiger partial charge in [-0.1, -0.05) is 43.7 Å². The minimum atomic E-state index is -0.321. The van der Waals surface area contributed by atoms with Crippen molar-refractivity contribution < 1.29 is 9.90 Å². The fraction of sp³-hybridized carbons (Fsp3) is 0.438. The van der Waals surface area contributed by atoms with E-state index in [1.54, 1.807) is 6.08 Å². The maximum Gasteiger partial charge on any atom is 0.244 e. The lowest BCUT2D eigenvalue weighted by molar-refractivity contribution is -0.124. The summed E-state index contributed by atoms with van der Waals surface area (Å²) in [7, 11) is 0. The van der Waals surface area contributed by atoms with Crippen LogP contribution in [0.3, 0.4) is 0 Å². The number of carbonyl (C=O) groups is 1. The zero-order valence-corrected chi connectivity index (χ0v) is 11.7. The Morgan fingerprint density at radius 2 is 2.21 bits per heavy atom. The lowest BCUT2D eigenvalue weighted by Crippen LogP contribution is -2.60. The molecule has 2 rings (SSSR count). The van der Waals surface area contributed by atoms with Crippen LogP contribution >= 0.6 is 0 Å². The highest BCUT2D eigenvalue weighted by Gasteiger charge is 2.47. The lowest BCUT2D eigenvalue weighted by Gasteiger charge is -2.49. The van der Waals surface area contributed by atoms with Crippen LogP contribution < -0.4 is 5.32 Å². The highest BCUT2D eigenvalue weighted by atomic mass is 16.3. The standard InChI is InChI=1S/C16H21NO2/c1-11-5-4-6-12(9-11)7-8-15(19)17-13-10-14(18)16(13,2)3/h4-9,13-14,18H,10H2,1-3H3,(H,17,19)/b8-7+. The van der Waals surface area contributed by atoms with Gasteiger partial charge >= 0.3 is 0 Å². The molecule has 1 aliphatic rings. The first-order valence-electron chi connectivity index (χ1n) is 6.63. The van der Waals surface area contributed by atoms with Crippen molar-refractivity contribution in [3.8, 4) is 0 Å². The van der Waals surface area contributed by atoms with Gasteiger partial charge in [0.05, 0.1) is 6.10 Å². The number of amides is 1. The van der Waals surface area contributed by atoms with E-state index in [-0.39, 0.29) is 23.5 Å². The molecule has 2 unspecified atom stereocenters. The largest absolute Gasteiger partial charge is 0.392 e. The van der Waals surface area contributed by atoms with Crippen molar-refractivity contribution in [3.63, 3.8) is 0 Å². The molecule has 1 saturated carbocycles. The van der Waals surface area contributed by atoms with Crippen molar-refractivity contribution in [3.05, 3.63) is 41.5 Å². The first-order chi connectivity index (χ1) is 8.89. The van der Waals surface area contributed by atoms with Crippen LogP contribution in [-0.4, -0.2) is 23.2 Å². The van der Waals surface area contributed by atoms with E-state index in [4.69, 9.17) is 0 Å². The summed E-state index contributed by atoms with van der Waals surface area (Å²) in [5, 5.41) is 12.6. The Morgan fingerprint density at radius 3 is 2.79 bits per heavy atom. The van der Waals surface area contributed by atoms with Crippen LogP contribution in [0.15, 0.2) is 30.3 Å². The summed E-state index contributed by atoms with van der Waals surface area (Å²) < 4.78 is 0. The van der Waals surface area contributed by atoms with Gasteiger partial charge < -0.3 is 10.4 Å². The summed E-state index contributed by atoms with van der Waals surface area (Å²) in [6.45, 7) is 5.96. The van der Waals surface area contributed by atoms with Crippen LogP contribution in [0.25, 0.3) is 6.08 Å². The van der Waals surface area contributed by atoms with Crippen LogP contribution in [0.1, 0.15) is 31.4 Å². The molecule has 1 amide bonds. The second kappa shape index (κ2) is 5.17. The molecule has 0 aromatic heterocycles. The van der Waals surface area contributed by atoms with E-state index in [9.17, 15) is 9.90 Å². The first kappa shape index (κ1) is 13.8. The van der Waals surface area contributed by atoms with E-state index < -0.39 is 0 Å². The molecule has 2 N–H and O–H groups in total. The molecule has 1 aromatic rings. The Hall–Kier alpha value is -1.61. The number of aliphatic hydroxyl groups excluding tert-OH is 1. The van der Waals surface area contributed by atoms with E-state index in [0.29, 0.717) is 6.42 Å². The maximum absolute atomic E-state index is 11.8. The summed E-state index contributed by atoms with van der Waals surface area (Å²) in [5.41, 5.74) is 1.96. The number of aliphatic hydroxyl groups is 1. The molecule has 0 saturated heterocycles. The van der Waals surface area contributed by atoms with Crippen molar-refractivity contribution in [2.45, 2.75) is 39.3 Å². The third kappa shape index (κ3) is 3.04. The lowest BCUT2D eigenvalue weighted by atomic mass is 9.64. The molecule has 2 atom stereocenters. The van der Waals surface area contributed by atoms with Gasteiger partial charge in [0.15, 0.2) is 0 Å². The monoisotopic (exact) mass is 259 g/mol. The molecule has 3 nitrogen and oxygen atoms in total. The van der Waals surface area contributed by atoms with Gasteiger partial charge in [0, 0.05) is 17.5 Å². The van der Waals surface area contributed by atoms with Gasteiger partial charge in [0.2, 0.25) is 5.91 Å². The molecule has 19 heavy (non-hydrogen) atoms. The van der Waals surface area contributed by atoms with Gasteiger partial charge in [-0.2, -0.15) is 0 Å². The summed E-state index contributed by atoms with van der Waals surface area (Å²) in [6, 6.07) is 8.04. The molecule has 1 aliphatic carbocycles. The highest BCUT2D eigenvalue weighted by Crippen LogP contribution is 2.40. The van der Waals surface area contributed by atoms with Crippen LogP contribution in [0.2, 0.25) is 0 Å². The number of hydrogen-bond donors (Lipinski definition) is 2.